The summed E-state index contributed by atoms with van der Waals surface area (Å²) in [7, 11) is 0. The van der Waals surface area contributed by atoms with Crippen molar-refractivity contribution in [2.75, 3.05) is 6.54 Å². The molecule has 0 aliphatic carbocycles. The van der Waals surface area contributed by atoms with Crippen molar-refractivity contribution in [3.63, 3.8) is 0 Å². The summed E-state index contributed by atoms with van der Waals surface area (Å²) in [5, 5.41) is 7.96. The SMILES string of the molecule is CC(=O)N[C@@H](Cc1ccccc1)C(=O)N[C@H](C=O)C[C@@H]1CCNC1=O. The molecule has 1 heterocycles. The van der Waals surface area contributed by atoms with Gasteiger partial charge in [0.25, 0.3) is 0 Å². The van der Waals surface area contributed by atoms with E-state index in [-0.39, 0.29) is 24.2 Å². The van der Waals surface area contributed by atoms with Crippen LogP contribution >= 0.6 is 0 Å². The third-order valence-corrected chi connectivity index (χ3v) is 4.17. The fourth-order valence-electron chi connectivity index (χ4n) is 2.91. The lowest BCUT2D eigenvalue weighted by Crippen LogP contribution is -2.51. The van der Waals surface area contributed by atoms with Crippen LogP contribution in [-0.4, -0.2) is 42.6 Å². The van der Waals surface area contributed by atoms with E-state index in [0.29, 0.717) is 25.7 Å². The number of carbonyl (C=O) groups is 4. The van der Waals surface area contributed by atoms with Crippen LogP contribution in [0.4, 0.5) is 0 Å². The van der Waals surface area contributed by atoms with Gasteiger partial charge in [0.15, 0.2) is 0 Å². The lowest BCUT2D eigenvalue weighted by atomic mass is 9.98. The van der Waals surface area contributed by atoms with Crippen LogP contribution in [0.5, 0.6) is 0 Å². The Morgan fingerprint density at radius 3 is 2.56 bits per heavy atom. The second-order valence-electron chi connectivity index (χ2n) is 6.21. The van der Waals surface area contributed by atoms with Gasteiger partial charge < -0.3 is 20.7 Å². The van der Waals surface area contributed by atoms with Gasteiger partial charge in [-0.05, 0) is 18.4 Å². The smallest absolute Gasteiger partial charge is 0.243 e. The van der Waals surface area contributed by atoms with Crippen molar-refractivity contribution in [3.05, 3.63) is 35.9 Å². The first-order chi connectivity index (χ1) is 12.0. The van der Waals surface area contributed by atoms with Crippen molar-refractivity contribution in [2.24, 2.45) is 5.92 Å². The van der Waals surface area contributed by atoms with Crippen molar-refractivity contribution in [1.29, 1.82) is 0 Å². The number of carbonyl (C=O) groups excluding carboxylic acids is 4. The van der Waals surface area contributed by atoms with Crippen LogP contribution in [0.15, 0.2) is 30.3 Å². The molecule has 1 aromatic rings. The zero-order valence-corrected chi connectivity index (χ0v) is 14.2. The molecule has 1 fully saturated rings. The normalized spacial score (nSPS) is 18.8. The van der Waals surface area contributed by atoms with Crippen molar-refractivity contribution in [1.82, 2.24) is 16.0 Å². The molecule has 134 valence electrons. The summed E-state index contributed by atoms with van der Waals surface area (Å²) in [6.45, 7) is 1.93. The van der Waals surface area contributed by atoms with Gasteiger partial charge in [-0.25, -0.2) is 0 Å². The Labute approximate surface area is 146 Å². The molecule has 1 aromatic carbocycles. The molecule has 25 heavy (non-hydrogen) atoms. The topological polar surface area (TPSA) is 104 Å². The van der Waals surface area contributed by atoms with E-state index in [1.807, 2.05) is 30.3 Å². The molecular formula is C18H23N3O4. The summed E-state index contributed by atoms with van der Waals surface area (Å²) >= 11 is 0. The van der Waals surface area contributed by atoms with Gasteiger partial charge >= 0.3 is 0 Å². The lowest BCUT2D eigenvalue weighted by molar-refractivity contribution is -0.129. The number of amides is 3. The van der Waals surface area contributed by atoms with Crippen LogP contribution in [0, 0.1) is 5.92 Å². The molecule has 3 amide bonds. The van der Waals surface area contributed by atoms with Gasteiger partial charge in [-0.1, -0.05) is 30.3 Å². The first-order valence-corrected chi connectivity index (χ1v) is 8.34. The van der Waals surface area contributed by atoms with Gasteiger partial charge in [-0.3, -0.25) is 14.4 Å². The van der Waals surface area contributed by atoms with E-state index in [4.69, 9.17) is 0 Å². The Kier molecular flexibility index (Phi) is 6.68. The van der Waals surface area contributed by atoms with Gasteiger partial charge in [-0.2, -0.15) is 0 Å². The zero-order valence-electron chi connectivity index (χ0n) is 14.2. The fourth-order valence-corrected chi connectivity index (χ4v) is 2.91. The first kappa shape index (κ1) is 18.6. The van der Waals surface area contributed by atoms with Gasteiger partial charge in [-0.15, -0.1) is 0 Å². The van der Waals surface area contributed by atoms with Crippen LogP contribution in [-0.2, 0) is 25.6 Å². The van der Waals surface area contributed by atoms with E-state index in [1.165, 1.54) is 6.92 Å². The lowest BCUT2D eigenvalue weighted by Gasteiger charge is -2.21. The molecule has 0 unspecified atom stereocenters. The Morgan fingerprint density at radius 2 is 2.00 bits per heavy atom. The Morgan fingerprint density at radius 1 is 1.28 bits per heavy atom. The van der Waals surface area contributed by atoms with Crippen LogP contribution in [0.2, 0.25) is 0 Å². The minimum Gasteiger partial charge on any atom is -0.356 e. The molecule has 3 N–H and O–H groups in total. The summed E-state index contributed by atoms with van der Waals surface area (Å²) in [5.74, 6) is -1.13. The molecule has 0 radical (unpaired) electrons. The molecule has 2 rings (SSSR count). The standard InChI is InChI=1S/C18H23N3O4/c1-12(23)20-16(9-13-5-3-2-4-6-13)18(25)21-15(11-22)10-14-7-8-19-17(14)24/h2-6,11,14-16H,7-10H2,1H3,(H,19,24)(H,20,23)(H,21,25)/t14-,15-,16-/m0/s1. The summed E-state index contributed by atoms with van der Waals surface area (Å²) < 4.78 is 0. The van der Waals surface area contributed by atoms with E-state index in [0.717, 1.165) is 5.56 Å². The summed E-state index contributed by atoms with van der Waals surface area (Å²) in [5.41, 5.74) is 0.897. The van der Waals surface area contributed by atoms with Crippen LogP contribution in [0.25, 0.3) is 0 Å². The minimum atomic E-state index is -0.778. The van der Waals surface area contributed by atoms with E-state index in [1.54, 1.807) is 0 Å². The van der Waals surface area contributed by atoms with E-state index >= 15 is 0 Å². The van der Waals surface area contributed by atoms with Gasteiger partial charge in [0, 0.05) is 25.8 Å². The number of hydrogen-bond acceptors (Lipinski definition) is 4. The van der Waals surface area contributed by atoms with E-state index < -0.39 is 18.0 Å². The van der Waals surface area contributed by atoms with E-state index in [9.17, 15) is 19.2 Å². The predicted molar refractivity (Wildman–Crippen MR) is 91.5 cm³/mol. The maximum atomic E-state index is 12.5. The predicted octanol–water partition coefficient (Wildman–Crippen LogP) is -0.0563. The number of nitrogens with one attached hydrogen (secondary N) is 3. The van der Waals surface area contributed by atoms with Crippen molar-refractivity contribution < 1.29 is 19.2 Å². The quantitative estimate of drug-likeness (QED) is 0.574. The van der Waals surface area contributed by atoms with E-state index in [2.05, 4.69) is 16.0 Å². The summed E-state index contributed by atoms with van der Waals surface area (Å²) in [6.07, 6.45) is 1.87. The molecule has 0 spiro atoms. The molecule has 0 bridgehead atoms. The third kappa shape index (κ3) is 5.70. The summed E-state index contributed by atoms with van der Waals surface area (Å²) in [6, 6.07) is 7.76. The van der Waals surface area contributed by atoms with Gasteiger partial charge in [0.1, 0.15) is 12.3 Å². The molecule has 1 aliphatic heterocycles. The molecule has 7 nitrogen and oxygen atoms in total. The van der Waals surface area contributed by atoms with Crippen molar-refractivity contribution in [3.8, 4) is 0 Å². The van der Waals surface area contributed by atoms with Gasteiger partial charge in [0.05, 0.1) is 6.04 Å². The average Bonchev–Trinajstić information content (AvgIpc) is 2.99. The van der Waals surface area contributed by atoms with Crippen LogP contribution in [0.3, 0.4) is 0 Å². The molecule has 0 aromatic heterocycles. The highest BCUT2D eigenvalue weighted by Crippen LogP contribution is 2.15. The first-order valence-electron chi connectivity index (χ1n) is 8.34. The monoisotopic (exact) mass is 345 g/mol. The minimum absolute atomic E-state index is 0.0937. The Hall–Kier alpha value is -2.70. The Bertz CT molecular complexity index is 632. The second kappa shape index (κ2) is 8.96. The zero-order chi connectivity index (χ0) is 18.2. The molecular weight excluding hydrogens is 322 g/mol. The van der Waals surface area contributed by atoms with Crippen LogP contribution in [0.1, 0.15) is 25.3 Å². The number of hydrogen-bond donors (Lipinski definition) is 3. The molecule has 1 aliphatic rings. The largest absolute Gasteiger partial charge is 0.356 e. The third-order valence-electron chi connectivity index (χ3n) is 4.17. The summed E-state index contributed by atoms with van der Waals surface area (Å²) in [4.78, 5) is 46.9. The average molecular weight is 345 g/mol. The molecule has 7 heteroatoms. The van der Waals surface area contributed by atoms with Crippen molar-refractivity contribution in [2.45, 2.75) is 38.3 Å². The Balaban J connectivity index is 2.00. The number of rotatable bonds is 8. The highest BCUT2D eigenvalue weighted by molar-refractivity contribution is 5.89. The molecule has 3 atom stereocenters. The maximum absolute atomic E-state index is 12.5. The molecule has 0 saturated carbocycles. The number of benzene rings is 1. The second-order valence-corrected chi connectivity index (χ2v) is 6.21. The molecule has 1 saturated heterocycles. The van der Waals surface area contributed by atoms with Crippen molar-refractivity contribution >= 4 is 24.0 Å². The van der Waals surface area contributed by atoms with Gasteiger partial charge in [0.2, 0.25) is 17.7 Å². The number of aldehydes is 1. The maximum Gasteiger partial charge on any atom is 0.243 e. The highest BCUT2D eigenvalue weighted by atomic mass is 16.2. The van der Waals surface area contributed by atoms with Crippen LogP contribution < -0.4 is 16.0 Å². The highest BCUT2D eigenvalue weighted by Gasteiger charge is 2.29. The fraction of sp³-hybridized carbons (Fsp3) is 0.444.